The lowest BCUT2D eigenvalue weighted by molar-refractivity contribution is -0.186. The minimum atomic E-state index is -4.32. The summed E-state index contributed by atoms with van der Waals surface area (Å²) in [7, 11) is 0. The Labute approximate surface area is 114 Å². The molecule has 1 aliphatic rings. The predicted molar refractivity (Wildman–Crippen MR) is 63.6 cm³/mol. The SMILES string of the molecule is O=C(NC(CO)(CO)CO)C1CCCC(C(F)(F)F)C1. The monoisotopic (exact) mass is 299 g/mol. The third-order valence-corrected chi connectivity index (χ3v) is 3.80. The number of alkyl halides is 3. The molecule has 2 atom stereocenters. The van der Waals surface area contributed by atoms with Gasteiger partial charge in [0, 0.05) is 5.92 Å². The van der Waals surface area contributed by atoms with Crippen molar-refractivity contribution in [1.29, 1.82) is 0 Å². The molecule has 1 saturated carbocycles. The Balaban J connectivity index is 2.68. The van der Waals surface area contributed by atoms with Crippen LogP contribution in [-0.2, 0) is 4.79 Å². The molecule has 0 aromatic rings. The minimum Gasteiger partial charge on any atom is -0.394 e. The summed E-state index contributed by atoms with van der Waals surface area (Å²) in [5, 5.41) is 29.5. The number of hydrogen-bond donors (Lipinski definition) is 4. The second-order valence-electron chi connectivity index (χ2n) is 5.35. The van der Waals surface area contributed by atoms with Gasteiger partial charge in [-0.05, 0) is 19.3 Å². The highest BCUT2D eigenvalue weighted by Gasteiger charge is 2.44. The van der Waals surface area contributed by atoms with E-state index in [0.717, 1.165) is 0 Å². The molecule has 20 heavy (non-hydrogen) atoms. The summed E-state index contributed by atoms with van der Waals surface area (Å²) in [6.07, 6.45) is -3.98. The van der Waals surface area contributed by atoms with Crippen molar-refractivity contribution in [3.63, 3.8) is 0 Å². The summed E-state index contributed by atoms with van der Waals surface area (Å²) in [4.78, 5) is 12.0. The van der Waals surface area contributed by atoms with Gasteiger partial charge in [0.1, 0.15) is 5.54 Å². The Morgan fingerprint density at radius 3 is 2.10 bits per heavy atom. The minimum absolute atomic E-state index is 0.0123. The molecule has 0 spiro atoms. The van der Waals surface area contributed by atoms with Crippen molar-refractivity contribution in [1.82, 2.24) is 5.32 Å². The molecule has 0 heterocycles. The van der Waals surface area contributed by atoms with Crippen LogP contribution in [0.5, 0.6) is 0 Å². The lowest BCUT2D eigenvalue weighted by Crippen LogP contribution is -2.58. The molecule has 1 amide bonds. The van der Waals surface area contributed by atoms with Crippen LogP contribution in [-0.4, -0.2) is 52.8 Å². The standard InChI is InChI=1S/C12H20F3NO4/c13-12(14,15)9-3-1-2-8(4-9)10(20)16-11(5-17,6-18)7-19/h8-9,17-19H,1-7H2,(H,16,20). The second kappa shape index (κ2) is 6.73. The topological polar surface area (TPSA) is 89.8 Å². The maximum absolute atomic E-state index is 12.7. The first-order valence-electron chi connectivity index (χ1n) is 6.49. The van der Waals surface area contributed by atoms with Crippen LogP contribution >= 0.6 is 0 Å². The van der Waals surface area contributed by atoms with Crippen LogP contribution in [0.3, 0.4) is 0 Å². The lowest BCUT2D eigenvalue weighted by atomic mass is 9.80. The second-order valence-corrected chi connectivity index (χ2v) is 5.35. The zero-order valence-corrected chi connectivity index (χ0v) is 11.0. The third-order valence-electron chi connectivity index (χ3n) is 3.80. The van der Waals surface area contributed by atoms with Crippen LogP contribution in [0.4, 0.5) is 13.2 Å². The van der Waals surface area contributed by atoms with Gasteiger partial charge in [-0.3, -0.25) is 4.79 Å². The largest absolute Gasteiger partial charge is 0.394 e. The van der Waals surface area contributed by atoms with Gasteiger partial charge in [0.2, 0.25) is 5.91 Å². The molecule has 5 nitrogen and oxygen atoms in total. The Morgan fingerprint density at radius 2 is 1.65 bits per heavy atom. The normalized spacial score (nSPS) is 24.5. The predicted octanol–water partition coefficient (Wildman–Crippen LogP) is 0.187. The van der Waals surface area contributed by atoms with Crippen LogP contribution in [0.25, 0.3) is 0 Å². The van der Waals surface area contributed by atoms with Crippen molar-refractivity contribution in [3.05, 3.63) is 0 Å². The first-order valence-corrected chi connectivity index (χ1v) is 6.49. The van der Waals surface area contributed by atoms with E-state index < -0.39 is 49.3 Å². The highest BCUT2D eigenvalue weighted by atomic mass is 19.4. The molecular formula is C12H20F3NO4. The van der Waals surface area contributed by atoms with Crippen molar-refractivity contribution in [3.8, 4) is 0 Å². The highest BCUT2D eigenvalue weighted by Crippen LogP contribution is 2.40. The number of aliphatic hydroxyl groups excluding tert-OH is 3. The van der Waals surface area contributed by atoms with Gasteiger partial charge >= 0.3 is 6.18 Å². The molecule has 0 aliphatic heterocycles. The van der Waals surface area contributed by atoms with Crippen molar-refractivity contribution < 1.29 is 33.3 Å². The molecule has 0 aromatic carbocycles. The zero-order chi connectivity index (χ0) is 15.4. The molecular weight excluding hydrogens is 279 g/mol. The van der Waals surface area contributed by atoms with Gasteiger partial charge in [0.15, 0.2) is 0 Å². The third kappa shape index (κ3) is 4.07. The van der Waals surface area contributed by atoms with Gasteiger partial charge in [0.25, 0.3) is 0 Å². The van der Waals surface area contributed by atoms with E-state index in [1.807, 2.05) is 0 Å². The van der Waals surface area contributed by atoms with Crippen LogP contribution in [0.1, 0.15) is 25.7 Å². The van der Waals surface area contributed by atoms with Crippen LogP contribution in [0, 0.1) is 11.8 Å². The summed E-state index contributed by atoms with van der Waals surface area (Å²) >= 11 is 0. The molecule has 0 saturated heterocycles. The number of nitrogens with one attached hydrogen (secondary N) is 1. The summed E-state index contributed by atoms with van der Waals surface area (Å²) in [5.41, 5.74) is -1.59. The fourth-order valence-corrected chi connectivity index (χ4v) is 2.36. The number of amides is 1. The Morgan fingerprint density at radius 1 is 1.10 bits per heavy atom. The van der Waals surface area contributed by atoms with Crippen LogP contribution < -0.4 is 5.32 Å². The molecule has 0 radical (unpaired) electrons. The van der Waals surface area contributed by atoms with Crippen molar-refractivity contribution >= 4 is 5.91 Å². The summed E-state index contributed by atoms with van der Waals surface area (Å²) in [6.45, 7) is -2.08. The summed E-state index contributed by atoms with van der Waals surface area (Å²) in [5.74, 6) is -2.99. The molecule has 118 valence electrons. The van der Waals surface area contributed by atoms with Crippen LogP contribution in [0.15, 0.2) is 0 Å². The van der Waals surface area contributed by atoms with Gasteiger partial charge in [0.05, 0.1) is 25.7 Å². The average molecular weight is 299 g/mol. The molecule has 1 rings (SSSR count). The van der Waals surface area contributed by atoms with E-state index in [4.69, 9.17) is 15.3 Å². The van der Waals surface area contributed by atoms with E-state index in [1.165, 1.54) is 0 Å². The maximum atomic E-state index is 12.7. The van der Waals surface area contributed by atoms with Crippen molar-refractivity contribution in [2.75, 3.05) is 19.8 Å². The molecule has 8 heteroatoms. The average Bonchev–Trinajstić information content (AvgIpc) is 2.44. The van der Waals surface area contributed by atoms with Crippen molar-refractivity contribution in [2.45, 2.75) is 37.4 Å². The molecule has 0 aromatic heterocycles. The lowest BCUT2D eigenvalue weighted by Gasteiger charge is -2.34. The Bertz CT molecular complexity index is 323. The van der Waals surface area contributed by atoms with E-state index in [0.29, 0.717) is 12.8 Å². The number of rotatable bonds is 5. The Hall–Kier alpha value is -0.860. The molecule has 0 bridgehead atoms. The molecule has 1 fully saturated rings. The van der Waals surface area contributed by atoms with Gasteiger partial charge in [-0.25, -0.2) is 0 Å². The number of carbonyl (C=O) groups is 1. The van der Waals surface area contributed by atoms with E-state index in [9.17, 15) is 18.0 Å². The number of carbonyl (C=O) groups excluding carboxylic acids is 1. The van der Waals surface area contributed by atoms with Gasteiger partial charge in [-0.15, -0.1) is 0 Å². The van der Waals surface area contributed by atoms with Crippen LogP contribution in [0.2, 0.25) is 0 Å². The zero-order valence-electron chi connectivity index (χ0n) is 11.0. The quantitative estimate of drug-likeness (QED) is 0.583. The van der Waals surface area contributed by atoms with E-state index in [-0.39, 0.29) is 12.8 Å². The highest BCUT2D eigenvalue weighted by molar-refractivity contribution is 5.79. The van der Waals surface area contributed by atoms with E-state index in [2.05, 4.69) is 5.32 Å². The first-order chi connectivity index (χ1) is 9.28. The number of halogens is 3. The molecule has 4 N–H and O–H groups in total. The summed E-state index contributed by atoms with van der Waals surface area (Å²) in [6, 6.07) is 0. The van der Waals surface area contributed by atoms with Gasteiger partial charge < -0.3 is 20.6 Å². The summed E-state index contributed by atoms with van der Waals surface area (Å²) < 4.78 is 38.0. The van der Waals surface area contributed by atoms with E-state index >= 15 is 0 Å². The number of aliphatic hydroxyl groups is 3. The van der Waals surface area contributed by atoms with Gasteiger partial charge in [-0.2, -0.15) is 13.2 Å². The smallest absolute Gasteiger partial charge is 0.391 e. The maximum Gasteiger partial charge on any atom is 0.391 e. The Kier molecular flexibility index (Phi) is 5.79. The van der Waals surface area contributed by atoms with Crippen molar-refractivity contribution in [2.24, 2.45) is 11.8 Å². The molecule has 2 unspecified atom stereocenters. The molecule has 1 aliphatic carbocycles. The van der Waals surface area contributed by atoms with Gasteiger partial charge in [-0.1, -0.05) is 6.42 Å². The number of hydrogen-bond acceptors (Lipinski definition) is 4. The fourth-order valence-electron chi connectivity index (χ4n) is 2.36. The van der Waals surface area contributed by atoms with E-state index in [1.54, 1.807) is 0 Å². The first kappa shape index (κ1) is 17.2. The fraction of sp³-hybridized carbons (Fsp3) is 0.917.